The SMILES string of the molecule is Cc1ccc(C)c(C(=O)c2cccc(N)c2Cl)c1. The van der Waals surface area contributed by atoms with Crippen LogP contribution in [0.1, 0.15) is 27.0 Å². The number of carbonyl (C=O) groups excluding carboxylic acids is 1. The van der Waals surface area contributed by atoms with Gasteiger partial charge in [0, 0.05) is 11.1 Å². The van der Waals surface area contributed by atoms with E-state index in [0.717, 1.165) is 11.1 Å². The summed E-state index contributed by atoms with van der Waals surface area (Å²) in [6.45, 7) is 3.87. The van der Waals surface area contributed by atoms with Crippen LogP contribution in [0.5, 0.6) is 0 Å². The lowest BCUT2D eigenvalue weighted by Crippen LogP contribution is -2.06. The lowest BCUT2D eigenvalue weighted by atomic mass is 9.97. The first kappa shape index (κ1) is 12.7. The van der Waals surface area contributed by atoms with Gasteiger partial charge in [-0.25, -0.2) is 0 Å². The van der Waals surface area contributed by atoms with Gasteiger partial charge in [0.05, 0.1) is 10.7 Å². The first-order valence-corrected chi connectivity index (χ1v) is 6.04. The zero-order chi connectivity index (χ0) is 13.3. The number of anilines is 1. The Morgan fingerprint density at radius 2 is 1.83 bits per heavy atom. The summed E-state index contributed by atoms with van der Waals surface area (Å²) in [7, 11) is 0. The Morgan fingerprint density at radius 1 is 1.11 bits per heavy atom. The topological polar surface area (TPSA) is 43.1 Å². The summed E-state index contributed by atoms with van der Waals surface area (Å²) in [5.74, 6) is -0.0894. The predicted octanol–water partition coefficient (Wildman–Crippen LogP) is 3.77. The largest absolute Gasteiger partial charge is 0.398 e. The van der Waals surface area contributed by atoms with Gasteiger partial charge < -0.3 is 5.73 Å². The molecule has 0 bridgehead atoms. The summed E-state index contributed by atoms with van der Waals surface area (Å²) >= 11 is 6.08. The highest BCUT2D eigenvalue weighted by Crippen LogP contribution is 2.26. The molecule has 0 heterocycles. The number of rotatable bonds is 2. The van der Waals surface area contributed by atoms with Gasteiger partial charge in [0.1, 0.15) is 0 Å². The van der Waals surface area contributed by atoms with Crippen molar-refractivity contribution in [3.8, 4) is 0 Å². The maximum absolute atomic E-state index is 12.5. The smallest absolute Gasteiger partial charge is 0.194 e. The van der Waals surface area contributed by atoms with Crippen molar-refractivity contribution < 1.29 is 4.79 Å². The van der Waals surface area contributed by atoms with E-state index in [2.05, 4.69) is 0 Å². The third-order valence-corrected chi connectivity index (χ3v) is 3.33. The number of halogens is 1. The van der Waals surface area contributed by atoms with Crippen LogP contribution in [0.4, 0.5) is 5.69 Å². The van der Waals surface area contributed by atoms with Crippen molar-refractivity contribution in [2.45, 2.75) is 13.8 Å². The molecule has 0 unspecified atom stereocenters. The second-order valence-electron chi connectivity index (χ2n) is 4.36. The van der Waals surface area contributed by atoms with Crippen LogP contribution >= 0.6 is 11.6 Å². The van der Waals surface area contributed by atoms with E-state index in [0.29, 0.717) is 21.8 Å². The first-order valence-electron chi connectivity index (χ1n) is 5.66. The number of hydrogen-bond donors (Lipinski definition) is 1. The molecule has 92 valence electrons. The third-order valence-electron chi connectivity index (χ3n) is 2.91. The lowest BCUT2D eigenvalue weighted by molar-refractivity contribution is 0.103. The number of ketones is 1. The second kappa shape index (κ2) is 4.83. The number of nitrogen functional groups attached to an aromatic ring is 1. The summed E-state index contributed by atoms with van der Waals surface area (Å²) in [6.07, 6.45) is 0. The highest BCUT2D eigenvalue weighted by atomic mass is 35.5. The van der Waals surface area contributed by atoms with Gasteiger partial charge in [-0.1, -0.05) is 35.4 Å². The van der Waals surface area contributed by atoms with Crippen molar-refractivity contribution >= 4 is 23.1 Å². The van der Waals surface area contributed by atoms with Crippen LogP contribution in [0.25, 0.3) is 0 Å². The Hall–Kier alpha value is -1.80. The van der Waals surface area contributed by atoms with E-state index in [1.54, 1.807) is 18.2 Å². The van der Waals surface area contributed by atoms with Gasteiger partial charge in [0.25, 0.3) is 0 Å². The number of hydrogen-bond acceptors (Lipinski definition) is 2. The summed E-state index contributed by atoms with van der Waals surface area (Å²) in [5, 5.41) is 0.323. The highest BCUT2D eigenvalue weighted by molar-refractivity contribution is 6.37. The van der Waals surface area contributed by atoms with Crippen LogP contribution in [0.2, 0.25) is 5.02 Å². The fourth-order valence-electron chi connectivity index (χ4n) is 1.85. The molecule has 0 spiro atoms. The van der Waals surface area contributed by atoms with Gasteiger partial charge in [-0.2, -0.15) is 0 Å². The van der Waals surface area contributed by atoms with Crippen molar-refractivity contribution in [3.05, 3.63) is 63.7 Å². The fraction of sp³-hybridized carbons (Fsp3) is 0.133. The molecular formula is C15H14ClNO. The van der Waals surface area contributed by atoms with Gasteiger partial charge in [0.2, 0.25) is 0 Å². The van der Waals surface area contributed by atoms with Gasteiger partial charge in [-0.05, 0) is 37.6 Å². The minimum atomic E-state index is -0.0894. The summed E-state index contributed by atoms with van der Waals surface area (Å²) < 4.78 is 0. The van der Waals surface area contributed by atoms with Gasteiger partial charge in [-0.3, -0.25) is 4.79 Å². The van der Waals surface area contributed by atoms with E-state index in [-0.39, 0.29) is 5.78 Å². The molecule has 2 nitrogen and oxygen atoms in total. The van der Waals surface area contributed by atoms with Crippen LogP contribution in [-0.4, -0.2) is 5.78 Å². The molecule has 0 amide bonds. The van der Waals surface area contributed by atoms with Crippen LogP contribution in [0.15, 0.2) is 36.4 Å². The van der Waals surface area contributed by atoms with Gasteiger partial charge >= 0.3 is 0 Å². The van der Waals surface area contributed by atoms with Crippen LogP contribution in [0, 0.1) is 13.8 Å². The minimum absolute atomic E-state index is 0.0894. The van der Waals surface area contributed by atoms with Gasteiger partial charge in [-0.15, -0.1) is 0 Å². The molecule has 18 heavy (non-hydrogen) atoms. The number of aryl methyl sites for hydroxylation is 2. The molecular weight excluding hydrogens is 246 g/mol. The average Bonchev–Trinajstić information content (AvgIpc) is 2.35. The van der Waals surface area contributed by atoms with E-state index in [9.17, 15) is 4.79 Å². The maximum atomic E-state index is 12.5. The van der Waals surface area contributed by atoms with Crippen molar-refractivity contribution in [2.24, 2.45) is 0 Å². The Balaban J connectivity index is 2.55. The molecule has 2 aromatic rings. The molecule has 0 aliphatic carbocycles. The zero-order valence-electron chi connectivity index (χ0n) is 10.3. The van der Waals surface area contributed by atoms with Crippen molar-refractivity contribution in [1.82, 2.24) is 0 Å². The molecule has 0 atom stereocenters. The quantitative estimate of drug-likeness (QED) is 0.659. The van der Waals surface area contributed by atoms with Gasteiger partial charge in [0.15, 0.2) is 5.78 Å². The molecule has 0 fully saturated rings. The minimum Gasteiger partial charge on any atom is -0.398 e. The predicted molar refractivity (Wildman–Crippen MR) is 75.2 cm³/mol. The molecule has 0 aliphatic rings. The Labute approximate surface area is 111 Å². The van der Waals surface area contributed by atoms with E-state index in [1.165, 1.54) is 0 Å². The van der Waals surface area contributed by atoms with E-state index in [4.69, 9.17) is 17.3 Å². The molecule has 2 rings (SSSR count). The standard InChI is InChI=1S/C15H14ClNO/c1-9-6-7-10(2)12(8-9)15(18)11-4-3-5-13(17)14(11)16/h3-8H,17H2,1-2H3. The maximum Gasteiger partial charge on any atom is 0.194 e. The number of benzene rings is 2. The normalized spacial score (nSPS) is 10.4. The number of carbonyl (C=O) groups is 1. The Bertz CT molecular complexity index is 616. The molecule has 2 N–H and O–H groups in total. The zero-order valence-corrected chi connectivity index (χ0v) is 11.1. The van der Waals surface area contributed by atoms with Crippen LogP contribution in [-0.2, 0) is 0 Å². The van der Waals surface area contributed by atoms with Crippen molar-refractivity contribution in [1.29, 1.82) is 0 Å². The molecule has 0 saturated carbocycles. The summed E-state index contributed by atoms with van der Waals surface area (Å²) in [5.41, 5.74) is 9.24. The number of nitrogens with two attached hydrogens (primary N) is 1. The molecule has 0 aliphatic heterocycles. The molecule has 0 saturated heterocycles. The third kappa shape index (κ3) is 2.24. The van der Waals surface area contributed by atoms with E-state index >= 15 is 0 Å². The Morgan fingerprint density at radius 3 is 2.56 bits per heavy atom. The molecule has 3 heteroatoms. The fourth-order valence-corrected chi connectivity index (χ4v) is 2.06. The molecule has 2 aromatic carbocycles. The summed E-state index contributed by atoms with van der Waals surface area (Å²) in [4.78, 5) is 12.5. The van der Waals surface area contributed by atoms with Crippen molar-refractivity contribution in [3.63, 3.8) is 0 Å². The monoisotopic (exact) mass is 259 g/mol. The molecule has 0 aromatic heterocycles. The lowest BCUT2D eigenvalue weighted by Gasteiger charge is -2.09. The Kier molecular flexibility index (Phi) is 3.39. The van der Waals surface area contributed by atoms with Crippen LogP contribution in [0.3, 0.4) is 0 Å². The highest BCUT2D eigenvalue weighted by Gasteiger charge is 2.16. The van der Waals surface area contributed by atoms with Crippen molar-refractivity contribution in [2.75, 3.05) is 5.73 Å². The molecule has 0 radical (unpaired) electrons. The van der Waals surface area contributed by atoms with E-state index < -0.39 is 0 Å². The van der Waals surface area contributed by atoms with E-state index in [1.807, 2.05) is 32.0 Å². The second-order valence-corrected chi connectivity index (χ2v) is 4.73. The first-order chi connectivity index (χ1) is 8.50. The summed E-state index contributed by atoms with van der Waals surface area (Å²) in [6, 6.07) is 10.9. The van der Waals surface area contributed by atoms with Crippen LogP contribution < -0.4 is 5.73 Å². The average molecular weight is 260 g/mol.